The van der Waals surface area contributed by atoms with Crippen LogP contribution < -0.4 is 15.0 Å². The summed E-state index contributed by atoms with van der Waals surface area (Å²) in [5.74, 6) is 1.10. The number of nitrogens with one attached hydrogen (secondary N) is 1. The summed E-state index contributed by atoms with van der Waals surface area (Å²) in [4.78, 5) is 17.6. The zero-order valence-corrected chi connectivity index (χ0v) is 17.6. The first-order valence-electron chi connectivity index (χ1n) is 10.9. The van der Waals surface area contributed by atoms with Crippen LogP contribution in [0.3, 0.4) is 0 Å². The number of hydrogen-bond acceptors (Lipinski definition) is 4. The normalized spacial score (nSPS) is 20.6. The van der Waals surface area contributed by atoms with Gasteiger partial charge in [0.25, 0.3) is 0 Å². The number of para-hydroxylation sites is 1. The SMILES string of the molecule is COc1ccc2c(c1)C=C(CN1CCC3(CC1)C(=O)NCN3c1ccccc1)CC2. The van der Waals surface area contributed by atoms with E-state index in [-0.39, 0.29) is 5.91 Å². The van der Waals surface area contributed by atoms with E-state index in [1.165, 1.54) is 16.7 Å². The van der Waals surface area contributed by atoms with Gasteiger partial charge in [-0.05, 0) is 61.1 Å². The number of anilines is 1. The van der Waals surface area contributed by atoms with Crippen molar-refractivity contribution in [1.29, 1.82) is 0 Å². The van der Waals surface area contributed by atoms with Crippen LogP contribution in [0, 0.1) is 0 Å². The Bertz CT molecular complexity index is 962. The molecule has 5 heteroatoms. The summed E-state index contributed by atoms with van der Waals surface area (Å²) >= 11 is 0. The second-order valence-electron chi connectivity index (χ2n) is 8.60. The van der Waals surface area contributed by atoms with Crippen molar-refractivity contribution < 1.29 is 9.53 Å². The highest BCUT2D eigenvalue weighted by Crippen LogP contribution is 2.37. The lowest BCUT2D eigenvalue weighted by Crippen LogP contribution is -2.56. The number of amides is 1. The van der Waals surface area contributed by atoms with Gasteiger partial charge >= 0.3 is 0 Å². The lowest BCUT2D eigenvalue weighted by atomic mass is 9.85. The van der Waals surface area contributed by atoms with E-state index in [0.717, 1.165) is 56.8 Å². The van der Waals surface area contributed by atoms with Crippen LogP contribution in [0.4, 0.5) is 5.69 Å². The molecular weight excluding hydrogens is 374 g/mol. The molecule has 1 amide bonds. The number of ether oxygens (including phenoxy) is 1. The molecule has 1 aliphatic carbocycles. The van der Waals surface area contributed by atoms with Gasteiger partial charge in [-0.2, -0.15) is 0 Å². The Morgan fingerprint density at radius 2 is 1.87 bits per heavy atom. The maximum absolute atomic E-state index is 12.8. The number of hydrogen-bond donors (Lipinski definition) is 1. The number of benzene rings is 2. The van der Waals surface area contributed by atoms with Crippen molar-refractivity contribution in [3.63, 3.8) is 0 Å². The van der Waals surface area contributed by atoms with E-state index >= 15 is 0 Å². The molecule has 0 bridgehead atoms. The zero-order valence-electron chi connectivity index (χ0n) is 17.6. The molecule has 2 aromatic rings. The zero-order chi connectivity index (χ0) is 20.6. The number of fused-ring (bicyclic) bond motifs is 1. The Balaban J connectivity index is 1.28. The first-order valence-corrected chi connectivity index (χ1v) is 10.9. The number of carbonyl (C=O) groups excluding carboxylic acids is 1. The fraction of sp³-hybridized carbons (Fsp3) is 0.400. The van der Waals surface area contributed by atoms with Crippen molar-refractivity contribution in [2.24, 2.45) is 0 Å². The van der Waals surface area contributed by atoms with Gasteiger partial charge in [0.2, 0.25) is 5.91 Å². The molecule has 0 atom stereocenters. The molecule has 0 radical (unpaired) electrons. The fourth-order valence-corrected chi connectivity index (χ4v) is 5.17. The second kappa shape index (κ2) is 7.80. The minimum atomic E-state index is -0.404. The van der Waals surface area contributed by atoms with E-state index in [1.807, 2.05) is 24.3 Å². The molecule has 30 heavy (non-hydrogen) atoms. The molecule has 0 saturated carbocycles. The maximum atomic E-state index is 12.8. The summed E-state index contributed by atoms with van der Waals surface area (Å²) < 4.78 is 5.39. The van der Waals surface area contributed by atoms with E-state index in [1.54, 1.807) is 7.11 Å². The quantitative estimate of drug-likeness (QED) is 0.849. The molecular formula is C25H29N3O2. The molecule has 2 heterocycles. The van der Waals surface area contributed by atoms with Gasteiger partial charge < -0.3 is 15.0 Å². The van der Waals surface area contributed by atoms with E-state index in [2.05, 4.69) is 45.5 Å². The van der Waals surface area contributed by atoms with Gasteiger partial charge in [-0.15, -0.1) is 0 Å². The largest absolute Gasteiger partial charge is 0.497 e. The summed E-state index contributed by atoms with van der Waals surface area (Å²) in [5, 5.41) is 3.09. The van der Waals surface area contributed by atoms with Crippen molar-refractivity contribution in [2.45, 2.75) is 31.2 Å². The van der Waals surface area contributed by atoms with E-state index in [4.69, 9.17) is 4.74 Å². The average Bonchev–Trinajstić information content (AvgIpc) is 3.11. The number of aryl methyl sites for hydroxylation is 1. The van der Waals surface area contributed by atoms with Gasteiger partial charge in [0.15, 0.2) is 0 Å². The molecule has 3 aliphatic rings. The molecule has 5 nitrogen and oxygen atoms in total. The third-order valence-corrected chi connectivity index (χ3v) is 6.94. The predicted molar refractivity (Wildman–Crippen MR) is 120 cm³/mol. The average molecular weight is 404 g/mol. The first kappa shape index (κ1) is 19.2. The van der Waals surface area contributed by atoms with Gasteiger partial charge in [0.1, 0.15) is 11.3 Å². The van der Waals surface area contributed by atoms with Crippen molar-refractivity contribution >= 4 is 17.7 Å². The fourth-order valence-electron chi connectivity index (χ4n) is 5.17. The van der Waals surface area contributed by atoms with E-state index in [9.17, 15) is 4.79 Å². The van der Waals surface area contributed by atoms with Crippen LogP contribution in [0.5, 0.6) is 5.75 Å². The lowest BCUT2D eigenvalue weighted by molar-refractivity contribution is -0.125. The van der Waals surface area contributed by atoms with Gasteiger partial charge in [0.05, 0.1) is 13.8 Å². The molecule has 2 aliphatic heterocycles. The highest BCUT2D eigenvalue weighted by Gasteiger charge is 2.50. The Morgan fingerprint density at radius 3 is 2.63 bits per heavy atom. The minimum Gasteiger partial charge on any atom is -0.497 e. The number of rotatable bonds is 4. The standard InChI is InChI=1S/C25H29N3O2/c1-30-23-10-9-20-8-7-19(15-21(20)16-23)17-27-13-11-25(12-14-27)24(29)26-18-28(25)22-5-3-2-4-6-22/h2-6,9-10,15-16H,7-8,11-14,17-18H2,1H3,(H,26,29). The van der Waals surface area contributed by atoms with Gasteiger partial charge in [-0.25, -0.2) is 0 Å². The third-order valence-electron chi connectivity index (χ3n) is 6.94. The molecule has 2 aromatic carbocycles. The van der Waals surface area contributed by atoms with E-state index in [0.29, 0.717) is 6.67 Å². The van der Waals surface area contributed by atoms with Gasteiger partial charge in [0, 0.05) is 25.3 Å². The second-order valence-corrected chi connectivity index (χ2v) is 8.60. The van der Waals surface area contributed by atoms with Crippen LogP contribution in [0.15, 0.2) is 54.1 Å². The van der Waals surface area contributed by atoms with Crippen molar-refractivity contribution in [1.82, 2.24) is 10.2 Å². The lowest BCUT2D eigenvalue weighted by Gasteiger charge is -2.43. The molecule has 5 rings (SSSR count). The van der Waals surface area contributed by atoms with Crippen LogP contribution in [0.25, 0.3) is 6.08 Å². The number of methoxy groups -OCH3 is 1. The monoisotopic (exact) mass is 403 g/mol. The topological polar surface area (TPSA) is 44.8 Å². The number of carbonyl (C=O) groups is 1. The van der Waals surface area contributed by atoms with Crippen molar-refractivity contribution in [3.8, 4) is 5.75 Å². The number of nitrogens with zero attached hydrogens (tertiary/aromatic N) is 2. The summed E-state index contributed by atoms with van der Waals surface area (Å²) in [7, 11) is 1.72. The molecule has 156 valence electrons. The molecule has 1 spiro atoms. The Hall–Kier alpha value is -2.79. The highest BCUT2D eigenvalue weighted by molar-refractivity contribution is 5.93. The van der Waals surface area contributed by atoms with Crippen LogP contribution >= 0.6 is 0 Å². The summed E-state index contributed by atoms with van der Waals surface area (Å²) in [6.45, 7) is 3.48. The van der Waals surface area contributed by atoms with Crippen LogP contribution in [0.2, 0.25) is 0 Å². The highest BCUT2D eigenvalue weighted by atomic mass is 16.5. The molecule has 0 unspecified atom stereocenters. The van der Waals surface area contributed by atoms with Crippen molar-refractivity contribution in [3.05, 3.63) is 65.2 Å². The number of likely N-dealkylation sites (tertiary alicyclic amines) is 1. The van der Waals surface area contributed by atoms with Crippen LogP contribution in [0.1, 0.15) is 30.4 Å². The predicted octanol–water partition coefficient (Wildman–Crippen LogP) is 3.45. The number of piperidine rings is 1. The minimum absolute atomic E-state index is 0.184. The summed E-state index contributed by atoms with van der Waals surface area (Å²) in [5.41, 5.74) is 4.89. The first-order chi connectivity index (χ1) is 14.7. The van der Waals surface area contributed by atoms with Crippen LogP contribution in [-0.2, 0) is 11.2 Å². The van der Waals surface area contributed by atoms with Crippen LogP contribution in [-0.4, -0.2) is 49.8 Å². The summed E-state index contributed by atoms with van der Waals surface area (Å²) in [6, 6.07) is 16.7. The Morgan fingerprint density at radius 1 is 1.07 bits per heavy atom. The molecule has 0 aromatic heterocycles. The Labute approximate surface area is 178 Å². The maximum Gasteiger partial charge on any atom is 0.247 e. The van der Waals surface area contributed by atoms with Crippen molar-refractivity contribution in [2.75, 3.05) is 38.3 Å². The third kappa shape index (κ3) is 3.37. The summed E-state index contributed by atoms with van der Waals surface area (Å²) in [6.07, 6.45) is 6.27. The molecule has 2 fully saturated rings. The molecule has 1 N–H and O–H groups in total. The Kier molecular flexibility index (Phi) is 4.99. The van der Waals surface area contributed by atoms with E-state index < -0.39 is 5.54 Å². The smallest absolute Gasteiger partial charge is 0.247 e. The van der Waals surface area contributed by atoms with Gasteiger partial charge in [-0.3, -0.25) is 9.69 Å². The molecule has 2 saturated heterocycles. The van der Waals surface area contributed by atoms with Gasteiger partial charge in [-0.1, -0.05) is 35.9 Å².